The number of nitrogens with two attached hydrogens (primary N) is 1. The van der Waals surface area contributed by atoms with Crippen LogP contribution in [0.25, 0.3) is 0 Å². The van der Waals surface area contributed by atoms with Gasteiger partial charge in [0.2, 0.25) is 11.8 Å². The van der Waals surface area contributed by atoms with Gasteiger partial charge in [-0.3, -0.25) is 10.1 Å². The molecule has 102 valence electrons. The average molecular weight is 271 g/mol. The Hall–Kier alpha value is -2.70. The molecule has 0 spiro atoms. The highest BCUT2D eigenvalue weighted by Crippen LogP contribution is 2.36. The number of aryl methyl sites for hydroxylation is 1. The van der Waals surface area contributed by atoms with Crippen molar-refractivity contribution in [3.63, 3.8) is 0 Å². The van der Waals surface area contributed by atoms with E-state index in [0.717, 1.165) is 30.3 Å². The van der Waals surface area contributed by atoms with Crippen LogP contribution in [0.1, 0.15) is 12.0 Å². The Bertz CT molecular complexity index is 674. The Balaban J connectivity index is 2.15. The minimum atomic E-state index is -0.480. The third-order valence-electron chi connectivity index (χ3n) is 3.33. The summed E-state index contributed by atoms with van der Waals surface area (Å²) >= 11 is 0. The smallest absolute Gasteiger partial charge is 0.330 e. The first-order chi connectivity index (χ1) is 9.66. The summed E-state index contributed by atoms with van der Waals surface area (Å²) in [7, 11) is 0. The fraction of sp³-hybridized carbons (Fsp3) is 0.231. The van der Waals surface area contributed by atoms with E-state index in [4.69, 9.17) is 5.73 Å². The summed E-state index contributed by atoms with van der Waals surface area (Å²) in [5, 5.41) is 11.1. The van der Waals surface area contributed by atoms with Crippen molar-refractivity contribution in [2.24, 2.45) is 0 Å². The molecule has 0 atom stereocenters. The Morgan fingerprint density at radius 2 is 2.15 bits per heavy atom. The van der Waals surface area contributed by atoms with Crippen LogP contribution in [-0.2, 0) is 6.42 Å². The molecule has 1 aliphatic heterocycles. The number of benzene rings is 1. The van der Waals surface area contributed by atoms with Gasteiger partial charge >= 0.3 is 5.69 Å². The van der Waals surface area contributed by atoms with E-state index in [-0.39, 0.29) is 17.5 Å². The minimum absolute atomic E-state index is 0.0358. The van der Waals surface area contributed by atoms with Crippen LogP contribution < -0.4 is 10.6 Å². The van der Waals surface area contributed by atoms with Gasteiger partial charge in [0, 0.05) is 12.2 Å². The number of nitro groups is 1. The van der Waals surface area contributed by atoms with Gasteiger partial charge < -0.3 is 10.6 Å². The maximum absolute atomic E-state index is 11.1. The van der Waals surface area contributed by atoms with Crippen molar-refractivity contribution in [2.45, 2.75) is 12.8 Å². The van der Waals surface area contributed by atoms with Crippen LogP contribution in [0, 0.1) is 10.1 Å². The van der Waals surface area contributed by atoms with E-state index < -0.39 is 4.92 Å². The molecule has 2 aromatic rings. The zero-order chi connectivity index (χ0) is 14.1. The van der Waals surface area contributed by atoms with Gasteiger partial charge in [0.15, 0.2) is 0 Å². The van der Waals surface area contributed by atoms with E-state index in [1.807, 2.05) is 29.2 Å². The number of nitrogens with zero attached hydrogens (tertiary/aromatic N) is 4. The second-order valence-electron chi connectivity index (χ2n) is 4.58. The predicted molar refractivity (Wildman–Crippen MR) is 74.9 cm³/mol. The number of anilines is 3. The normalized spacial score (nSPS) is 13.9. The molecule has 0 saturated heterocycles. The molecule has 2 N–H and O–H groups in total. The van der Waals surface area contributed by atoms with E-state index in [2.05, 4.69) is 9.97 Å². The highest BCUT2D eigenvalue weighted by molar-refractivity contribution is 5.71. The summed E-state index contributed by atoms with van der Waals surface area (Å²) in [6.45, 7) is 0.675. The first-order valence-corrected chi connectivity index (χ1v) is 6.29. The number of rotatable bonds is 2. The van der Waals surface area contributed by atoms with Crippen LogP contribution in [0.5, 0.6) is 0 Å². The van der Waals surface area contributed by atoms with Crippen molar-refractivity contribution < 1.29 is 4.92 Å². The van der Waals surface area contributed by atoms with Crippen LogP contribution in [0.15, 0.2) is 30.5 Å². The first kappa shape index (κ1) is 12.3. The van der Waals surface area contributed by atoms with Gasteiger partial charge in [-0.2, -0.15) is 4.98 Å². The highest BCUT2D eigenvalue weighted by Gasteiger charge is 2.26. The summed E-state index contributed by atoms with van der Waals surface area (Å²) in [4.78, 5) is 20.3. The van der Waals surface area contributed by atoms with Crippen molar-refractivity contribution in [1.29, 1.82) is 0 Å². The van der Waals surface area contributed by atoms with Crippen molar-refractivity contribution in [1.82, 2.24) is 9.97 Å². The maximum atomic E-state index is 11.1. The Morgan fingerprint density at radius 1 is 1.35 bits per heavy atom. The fourth-order valence-electron chi connectivity index (χ4n) is 2.46. The van der Waals surface area contributed by atoms with Gasteiger partial charge in [-0.25, -0.2) is 4.98 Å². The molecule has 3 rings (SSSR count). The molecule has 1 aromatic carbocycles. The summed E-state index contributed by atoms with van der Waals surface area (Å²) in [6.07, 6.45) is 3.04. The lowest BCUT2D eigenvalue weighted by atomic mass is 10.0. The number of para-hydroxylation sites is 1. The molecule has 0 bridgehead atoms. The molecule has 0 aliphatic carbocycles. The standard InChI is InChI=1S/C13H13N5O2/c14-13-15-8-11(18(19)20)12(16-13)17-7-3-5-9-4-1-2-6-10(9)17/h1-2,4,6,8H,3,5,7H2,(H2,14,15,16). The number of fused-ring (bicyclic) bond motifs is 1. The summed E-state index contributed by atoms with van der Waals surface area (Å²) in [6, 6.07) is 7.84. The number of nitrogen functional groups attached to an aromatic ring is 1. The molecule has 1 aliphatic rings. The topological polar surface area (TPSA) is 98.2 Å². The zero-order valence-corrected chi connectivity index (χ0v) is 10.7. The van der Waals surface area contributed by atoms with Gasteiger partial charge in [0.1, 0.15) is 6.20 Å². The lowest BCUT2D eigenvalue weighted by Gasteiger charge is -2.29. The van der Waals surface area contributed by atoms with Crippen molar-refractivity contribution in [3.8, 4) is 0 Å². The molecule has 0 fully saturated rings. The lowest BCUT2D eigenvalue weighted by Crippen LogP contribution is -2.26. The third kappa shape index (κ3) is 2.03. The zero-order valence-electron chi connectivity index (χ0n) is 10.7. The lowest BCUT2D eigenvalue weighted by molar-refractivity contribution is -0.384. The van der Waals surface area contributed by atoms with Crippen LogP contribution >= 0.6 is 0 Å². The molecule has 2 heterocycles. The Kier molecular flexibility index (Phi) is 2.94. The third-order valence-corrected chi connectivity index (χ3v) is 3.33. The quantitative estimate of drug-likeness (QED) is 0.663. The molecule has 0 amide bonds. The largest absolute Gasteiger partial charge is 0.368 e. The van der Waals surface area contributed by atoms with Gasteiger partial charge in [0.05, 0.1) is 4.92 Å². The molecular formula is C13H13N5O2. The van der Waals surface area contributed by atoms with Gasteiger partial charge in [0.25, 0.3) is 0 Å². The van der Waals surface area contributed by atoms with Gasteiger partial charge in [-0.15, -0.1) is 0 Å². The first-order valence-electron chi connectivity index (χ1n) is 6.29. The van der Waals surface area contributed by atoms with Crippen LogP contribution in [0.2, 0.25) is 0 Å². The van der Waals surface area contributed by atoms with Crippen LogP contribution in [-0.4, -0.2) is 21.4 Å². The molecular weight excluding hydrogens is 258 g/mol. The number of hydrogen-bond acceptors (Lipinski definition) is 6. The van der Waals surface area contributed by atoms with Gasteiger partial charge in [-0.05, 0) is 24.5 Å². The van der Waals surface area contributed by atoms with E-state index in [9.17, 15) is 10.1 Å². The van der Waals surface area contributed by atoms with E-state index in [0.29, 0.717) is 6.54 Å². The van der Waals surface area contributed by atoms with Crippen LogP contribution in [0.3, 0.4) is 0 Å². The van der Waals surface area contributed by atoms with Crippen LogP contribution in [0.4, 0.5) is 23.1 Å². The van der Waals surface area contributed by atoms with Crippen molar-refractivity contribution in [3.05, 3.63) is 46.1 Å². The van der Waals surface area contributed by atoms with E-state index in [1.54, 1.807) is 0 Å². The highest BCUT2D eigenvalue weighted by atomic mass is 16.6. The molecule has 7 nitrogen and oxygen atoms in total. The molecule has 7 heteroatoms. The van der Waals surface area contributed by atoms with Gasteiger partial charge in [-0.1, -0.05) is 18.2 Å². The summed E-state index contributed by atoms with van der Waals surface area (Å²) in [5.74, 6) is 0.295. The van der Waals surface area contributed by atoms with Crippen molar-refractivity contribution in [2.75, 3.05) is 17.2 Å². The maximum Gasteiger partial charge on any atom is 0.330 e. The number of aromatic nitrogens is 2. The summed E-state index contributed by atoms with van der Waals surface area (Å²) in [5.41, 5.74) is 7.56. The molecule has 0 unspecified atom stereocenters. The predicted octanol–water partition coefficient (Wildman–Crippen LogP) is 2.05. The summed E-state index contributed by atoms with van der Waals surface area (Å²) < 4.78 is 0. The number of hydrogen-bond donors (Lipinski definition) is 1. The molecule has 0 saturated carbocycles. The van der Waals surface area contributed by atoms with Crippen molar-refractivity contribution >= 4 is 23.1 Å². The minimum Gasteiger partial charge on any atom is -0.368 e. The average Bonchev–Trinajstić information content (AvgIpc) is 2.46. The molecule has 20 heavy (non-hydrogen) atoms. The second-order valence-corrected chi connectivity index (χ2v) is 4.58. The Labute approximate surface area is 115 Å². The molecule has 0 radical (unpaired) electrons. The van der Waals surface area contributed by atoms with E-state index in [1.165, 1.54) is 0 Å². The Morgan fingerprint density at radius 3 is 2.95 bits per heavy atom. The second kappa shape index (κ2) is 4.76. The molecule has 1 aromatic heterocycles. The monoisotopic (exact) mass is 271 g/mol. The fourth-order valence-corrected chi connectivity index (χ4v) is 2.46. The SMILES string of the molecule is Nc1ncc([N+](=O)[O-])c(N2CCCc3ccccc32)n1. The van der Waals surface area contributed by atoms with E-state index >= 15 is 0 Å².